The van der Waals surface area contributed by atoms with Gasteiger partial charge in [0.15, 0.2) is 0 Å². The van der Waals surface area contributed by atoms with Crippen LogP contribution in [0.1, 0.15) is 58.8 Å². The number of nitrogens with two attached hydrogens (primary N) is 3. The van der Waals surface area contributed by atoms with Crippen LogP contribution in [-0.2, 0) is 38.1 Å². The van der Waals surface area contributed by atoms with Crippen LogP contribution in [0.4, 0.5) is 0 Å². The first-order valence-corrected chi connectivity index (χ1v) is 10.6. The third-order valence-corrected chi connectivity index (χ3v) is 4.19. The summed E-state index contributed by atoms with van der Waals surface area (Å²) in [4.78, 5) is 46.3. The molecule has 6 N–H and O–H groups in total. The maximum absolute atomic E-state index is 11.8. The summed E-state index contributed by atoms with van der Waals surface area (Å²) in [7, 11) is 0. The molecule has 0 aliphatic rings. The van der Waals surface area contributed by atoms with Crippen LogP contribution >= 0.6 is 0 Å². The average molecular weight is 448 g/mol. The monoisotopic (exact) mass is 447 g/mol. The first-order valence-electron chi connectivity index (χ1n) is 10.6. The molecule has 0 aromatic carbocycles. The molecule has 0 aliphatic heterocycles. The molecule has 0 aromatic heterocycles. The molecular weight excluding hydrogens is 410 g/mol. The molecule has 0 spiro atoms. The van der Waals surface area contributed by atoms with Crippen molar-refractivity contribution in [2.24, 2.45) is 17.2 Å². The van der Waals surface area contributed by atoms with Crippen molar-refractivity contribution in [3.8, 4) is 0 Å². The van der Waals surface area contributed by atoms with E-state index in [1.165, 1.54) is 0 Å². The van der Waals surface area contributed by atoms with Crippen LogP contribution in [-0.4, -0.2) is 68.4 Å². The van der Waals surface area contributed by atoms with Gasteiger partial charge in [-0.3, -0.25) is 19.2 Å². The second-order valence-electron chi connectivity index (χ2n) is 6.91. The first-order chi connectivity index (χ1) is 14.7. The SMILES string of the molecule is CCOC(=O)C(N)CCCCOC(=O)CC(N)C(=O)OCCCCC(N)C(=O)OCC. The predicted molar refractivity (Wildman–Crippen MR) is 111 cm³/mol. The number of esters is 4. The molecule has 0 amide bonds. The number of unbranched alkanes of at least 4 members (excludes halogenated alkanes) is 2. The van der Waals surface area contributed by atoms with Crippen LogP contribution < -0.4 is 17.2 Å². The molecule has 180 valence electrons. The molecule has 0 bridgehead atoms. The van der Waals surface area contributed by atoms with E-state index in [-0.39, 0.29) is 32.8 Å². The van der Waals surface area contributed by atoms with Gasteiger partial charge in [-0.1, -0.05) is 0 Å². The van der Waals surface area contributed by atoms with E-state index in [9.17, 15) is 19.2 Å². The Morgan fingerprint density at radius 3 is 1.48 bits per heavy atom. The Bertz CT molecular complexity index is 559. The van der Waals surface area contributed by atoms with Gasteiger partial charge < -0.3 is 36.1 Å². The second-order valence-corrected chi connectivity index (χ2v) is 6.91. The quantitative estimate of drug-likeness (QED) is 0.154. The van der Waals surface area contributed by atoms with E-state index in [0.29, 0.717) is 38.5 Å². The van der Waals surface area contributed by atoms with Gasteiger partial charge in [-0.15, -0.1) is 0 Å². The number of hydrogen-bond donors (Lipinski definition) is 3. The molecule has 0 heterocycles. The zero-order chi connectivity index (χ0) is 23.6. The Morgan fingerprint density at radius 1 is 0.613 bits per heavy atom. The van der Waals surface area contributed by atoms with E-state index in [1.54, 1.807) is 13.8 Å². The Labute approximate surface area is 183 Å². The minimum atomic E-state index is -1.12. The fourth-order valence-corrected chi connectivity index (χ4v) is 2.45. The molecule has 0 aliphatic carbocycles. The fraction of sp³-hybridized carbons (Fsp3) is 0.800. The normalized spacial score (nSPS) is 13.6. The zero-order valence-electron chi connectivity index (χ0n) is 18.5. The van der Waals surface area contributed by atoms with E-state index in [0.717, 1.165) is 0 Å². The minimum Gasteiger partial charge on any atom is -0.466 e. The van der Waals surface area contributed by atoms with Gasteiger partial charge in [0.25, 0.3) is 0 Å². The van der Waals surface area contributed by atoms with Gasteiger partial charge in [0.05, 0.1) is 32.8 Å². The van der Waals surface area contributed by atoms with E-state index < -0.39 is 42.0 Å². The number of hydrogen-bond acceptors (Lipinski definition) is 11. The summed E-state index contributed by atoms with van der Waals surface area (Å²) >= 11 is 0. The van der Waals surface area contributed by atoms with Gasteiger partial charge in [-0.25, -0.2) is 0 Å². The molecular formula is C20H37N3O8. The Hall–Kier alpha value is -2.24. The lowest BCUT2D eigenvalue weighted by molar-refractivity contribution is -0.152. The summed E-state index contributed by atoms with van der Waals surface area (Å²) in [6.45, 7) is 4.20. The van der Waals surface area contributed by atoms with Crippen molar-refractivity contribution in [3.63, 3.8) is 0 Å². The highest BCUT2D eigenvalue weighted by molar-refractivity contribution is 5.82. The molecule has 11 heteroatoms. The van der Waals surface area contributed by atoms with Crippen LogP contribution in [0.3, 0.4) is 0 Å². The summed E-state index contributed by atoms with van der Waals surface area (Å²) in [5.74, 6) is -2.22. The number of carbonyl (C=O) groups is 4. The van der Waals surface area contributed by atoms with Crippen LogP contribution in [0.15, 0.2) is 0 Å². The van der Waals surface area contributed by atoms with E-state index >= 15 is 0 Å². The second kappa shape index (κ2) is 17.4. The van der Waals surface area contributed by atoms with Crippen LogP contribution in [0, 0.1) is 0 Å². The van der Waals surface area contributed by atoms with E-state index in [1.807, 2.05) is 0 Å². The topological polar surface area (TPSA) is 183 Å². The highest BCUT2D eigenvalue weighted by atomic mass is 16.5. The molecule has 0 rings (SSSR count). The Morgan fingerprint density at radius 2 is 1.03 bits per heavy atom. The van der Waals surface area contributed by atoms with Gasteiger partial charge >= 0.3 is 23.9 Å². The zero-order valence-corrected chi connectivity index (χ0v) is 18.5. The molecule has 0 saturated carbocycles. The van der Waals surface area contributed by atoms with Crippen molar-refractivity contribution in [3.05, 3.63) is 0 Å². The van der Waals surface area contributed by atoms with Crippen LogP contribution in [0.25, 0.3) is 0 Å². The highest BCUT2D eigenvalue weighted by Crippen LogP contribution is 2.05. The van der Waals surface area contributed by atoms with Gasteiger partial charge in [-0.2, -0.15) is 0 Å². The molecule has 0 saturated heterocycles. The fourth-order valence-electron chi connectivity index (χ4n) is 2.45. The lowest BCUT2D eigenvalue weighted by atomic mass is 10.1. The molecule has 3 unspecified atom stereocenters. The number of ether oxygens (including phenoxy) is 4. The van der Waals surface area contributed by atoms with Crippen molar-refractivity contribution >= 4 is 23.9 Å². The maximum atomic E-state index is 11.8. The predicted octanol–water partition coefficient (Wildman–Crippen LogP) is -0.0884. The van der Waals surface area contributed by atoms with Crippen molar-refractivity contribution in [2.75, 3.05) is 26.4 Å². The van der Waals surface area contributed by atoms with E-state index in [2.05, 4.69) is 0 Å². The van der Waals surface area contributed by atoms with Gasteiger partial charge in [0, 0.05) is 0 Å². The third kappa shape index (κ3) is 14.4. The van der Waals surface area contributed by atoms with Crippen LogP contribution in [0.5, 0.6) is 0 Å². The summed E-state index contributed by atoms with van der Waals surface area (Å²) in [5.41, 5.74) is 17.0. The first kappa shape index (κ1) is 28.8. The van der Waals surface area contributed by atoms with Crippen molar-refractivity contribution in [1.29, 1.82) is 0 Å². The molecule has 0 radical (unpaired) electrons. The number of rotatable bonds is 17. The third-order valence-electron chi connectivity index (χ3n) is 4.19. The average Bonchev–Trinajstić information content (AvgIpc) is 2.72. The smallest absolute Gasteiger partial charge is 0.323 e. The summed E-state index contributed by atoms with van der Waals surface area (Å²) in [6.07, 6.45) is 2.73. The van der Waals surface area contributed by atoms with Gasteiger partial charge in [0.2, 0.25) is 0 Å². The van der Waals surface area contributed by atoms with Crippen molar-refractivity contribution in [2.45, 2.75) is 76.9 Å². The lowest BCUT2D eigenvalue weighted by Gasteiger charge is -2.13. The Balaban J connectivity index is 3.83. The number of carbonyl (C=O) groups excluding carboxylic acids is 4. The standard InChI is InChI=1S/C20H37N3O8/c1-3-28-18(25)14(21)9-5-7-11-30-17(24)13-16(23)20(27)31-12-8-6-10-15(22)19(26)29-4-2/h14-16H,3-13,21-23H2,1-2H3. The van der Waals surface area contributed by atoms with Crippen molar-refractivity contribution in [1.82, 2.24) is 0 Å². The maximum Gasteiger partial charge on any atom is 0.323 e. The minimum absolute atomic E-state index is 0.109. The van der Waals surface area contributed by atoms with Crippen LogP contribution in [0.2, 0.25) is 0 Å². The Kier molecular flexibility index (Phi) is 16.2. The van der Waals surface area contributed by atoms with Crippen molar-refractivity contribution < 1.29 is 38.1 Å². The summed E-state index contributed by atoms with van der Waals surface area (Å²) in [6, 6.07) is -2.51. The molecule has 0 fully saturated rings. The van der Waals surface area contributed by atoms with E-state index in [4.69, 9.17) is 36.1 Å². The molecule has 3 atom stereocenters. The summed E-state index contributed by atoms with van der Waals surface area (Å²) < 4.78 is 19.7. The molecule has 31 heavy (non-hydrogen) atoms. The van der Waals surface area contributed by atoms with Gasteiger partial charge in [-0.05, 0) is 52.4 Å². The lowest BCUT2D eigenvalue weighted by Crippen LogP contribution is -2.35. The largest absolute Gasteiger partial charge is 0.466 e. The highest BCUT2D eigenvalue weighted by Gasteiger charge is 2.20. The summed E-state index contributed by atoms with van der Waals surface area (Å²) in [5, 5.41) is 0. The molecule has 11 nitrogen and oxygen atoms in total. The van der Waals surface area contributed by atoms with Gasteiger partial charge in [0.1, 0.15) is 18.1 Å². The molecule has 0 aromatic rings.